The average molecular weight is 358 g/mol. The lowest BCUT2D eigenvalue weighted by atomic mass is 10.0. The Labute approximate surface area is 151 Å². The molecule has 1 heterocycles. The second kappa shape index (κ2) is 7.57. The van der Waals surface area contributed by atoms with E-state index < -0.39 is 11.9 Å². The first-order valence-corrected chi connectivity index (χ1v) is 8.63. The maximum Gasteiger partial charge on any atom is 0.250 e. The van der Waals surface area contributed by atoms with Crippen molar-refractivity contribution in [2.24, 2.45) is 5.73 Å². The highest BCUT2D eigenvalue weighted by atomic mass is 35.5. The summed E-state index contributed by atoms with van der Waals surface area (Å²) in [6.07, 6.45) is 2.07. The molecule has 0 unspecified atom stereocenters. The highest BCUT2D eigenvalue weighted by Crippen LogP contribution is 2.27. The van der Waals surface area contributed by atoms with Crippen molar-refractivity contribution in [1.82, 2.24) is 4.90 Å². The lowest BCUT2D eigenvalue weighted by Crippen LogP contribution is -2.36. The van der Waals surface area contributed by atoms with E-state index in [0.717, 1.165) is 31.5 Å². The molecule has 0 radical (unpaired) electrons. The predicted molar refractivity (Wildman–Crippen MR) is 98.6 cm³/mol. The molecule has 3 N–H and O–H groups in total. The Kier molecular flexibility index (Phi) is 5.24. The molecule has 1 aliphatic heterocycles. The minimum Gasteiger partial charge on any atom is -0.370 e. The summed E-state index contributed by atoms with van der Waals surface area (Å²) in [6.45, 7) is 1.57. The van der Waals surface area contributed by atoms with E-state index in [0.29, 0.717) is 5.69 Å². The first kappa shape index (κ1) is 17.3. The molecule has 2 aromatic rings. The molecule has 2 amide bonds. The molecule has 6 heteroatoms. The molecule has 0 aromatic heterocycles. The van der Waals surface area contributed by atoms with Crippen LogP contribution in [0.4, 0.5) is 5.69 Å². The van der Waals surface area contributed by atoms with Crippen molar-refractivity contribution in [1.29, 1.82) is 0 Å². The number of amides is 2. The number of carbonyl (C=O) groups is 2. The van der Waals surface area contributed by atoms with Crippen LogP contribution in [0.2, 0.25) is 5.02 Å². The maximum atomic E-state index is 13.0. The summed E-state index contributed by atoms with van der Waals surface area (Å²) in [6, 6.07) is 14.0. The highest BCUT2D eigenvalue weighted by molar-refractivity contribution is 6.34. The zero-order chi connectivity index (χ0) is 17.8. The Morgan fingerprint density at radius 2 is 1.76 bits per heavy atom. The fraction of sp³-hybridized carbons (Fsp3) is 0.263. The first-order valence-electron chi connectivity index (χ1n) is 8.26. The fourth-order valence-corrected chi connectivity index (χ4v) is 3.30. The second-order valence-electron chi connectivity index (χ2n) is 6.08. The van der Waals surface area contributed by atoms with Crippen LogP contribution in [0.3, 0.4) is 0 Å². The molecule has 0 bridgehead atoms. The number of halogens is 1. The van der Waals surface area contributed by atoms with Gasteiger partial charge in [-0.3, -0.25) is 9.59 Å². The normalized spacial score (nSPS) is 15.0. The molecule has 130 valence electrons. The van der Waals surface area contributed by atoms with Gasteiger partial charge in [0.15, 0.2) is 0 Å². The summed E-state index contributed by atoms with van der Waals surface area (Å²) >= 11 is 6.12. The zero-order valence-corrected chi connectivity index (χ0v) is 14.5. The summed E-state index contributed by atoms with van der Waals surface area (Å²) in [7, 11) is 0. The smallest absolute Gasteiger partial charge is 0.250 e. The van der Waals surface area contributed by atoms with E-state index in [9.17, 15) is 9.59 Å². The quantitative estimate of drug-likeness (QED) is 0.862. The maximum absolute atomic E-state index is 13.0. The topological polar surface area (TPSA) is 75.4 Å². The molecule has 1 fully saturated rings. The number of hydrogen-bond acceptors (Lipinski definition) is 3. The number of likely N-dealkylation sites (tertiary alicyclic amines) is 1. The van der Waals surface area contributed by atoms with Gasteiger partial charge in [-0.15, -0.1) is 0 Å². The largest absolute Gasteiger partial charge is 0.370 e. The van der Waals surface area contributed by atoms with Gasteiger partial charge < -0.3 is 16.0 Å². The van der Waals surface area contributed by atoms with Crippen LogP contribution in [-0.4, -0.2) is 29.8 Å². The van der Waals surface area contributed by atoms with Crippen LogP contribution in [0.15, 0.2) is 48.5 Å². The minimum atomic E-state index is -0.579. The number of nitrogens with one attached hydrogen (secondary N) is 1. The fourth-order valence-electron chi connectivity index (χ4n) is 3.02. The van der Waals surface area contributed by atoms with E-state index in [-0.39, 0.29) is 16.5 Å². The van der Waals surface area contributed by atoms with E-state index in [2.05, 4.69) is 5.32 Å². The first-order chi connectivity index (χ1) is 12.1. The van der Waals surface area contributed by atoms with Crippen LogP contribution < -0.4 is 11.1 Å². The van der Waals surface area contributed by atoms with E-state index in [1.165, 1.54) is 0 Å². The predicted octanol–water partition coefficient (Wildman–Crippen LogP) is 3.21. The molecule has 2 aromatic carbocycles. The Morgan fingerprint density at radius 3 is 2.36 bits per heavy atom. The van der Waals surface area contributed by atoms with Crippen molar-refractivity contribution < 1.29 is 9.59 Å². The van der Waals surface area contributed by atoms with E-state index in [4.69, 9.17) is 17.3 Å². The standard InChI is InChI=1S/C19H20ClN3O2/c20-16-12-14(8-9-15(16)18(21)24)22-17(13-6-2-1-3-7-13)19(25)23-10-4-5-11-23/h1-3,6-9,12,17,22H,4-5,10-11H2,(H2,21,24)/t17-/m0/s1. The zero-order valence-electron chi connectivity index (χ0n) is 13.7. The van der Waals surface area contributed by atoms with Crippen LogP contribution in [-0.2, 0) is 4.79 Å². The third kappa shape index (κ3) is 3.94. The molecule has 1 atom stereocenters. The number of rotatable bonds is 5. The minimum absolute atomic E-state index is 0.0406. The summed E-state index contributed by atoms with van der Waals surface area (Å²) in [4.78, 5) is 26.2. The van der Waals surface area contributed by atoms with E-state index in [1.54, 1.807) is 18.2 Å². The number of carbonyl (C=O) groups excluding carboxylic acids is 2. The Morgan fingerprint density at radius 1 is 1.08 bits per heavy atom. The van der Waals surface area contributed by atoms with Crippen molar-refractivity contribution in [3.63, 3.8) is 0 Å². The number of nitrogens with zero attached hydrogens (tertiary/aromatic N) is 1. The molecule has 25 heavy (non-hydrogen) atoms. The van der Waals surface area contributed by atoms with E-state index in [1.807, 2.05) is 35.2 Å². The van der Waals surface area contributed by atoms with Crippen LogP contribution in [0.5, 0.6) is 0 Å². The van der Waals surface area contributed by atoms with Gasteiger partial charge in [-0.05, 0) is 36.6 Å². The van der Waals surface area contributed by atoms with Crippen molar-refractivity contribution >= 4 is 29.1 Å². The monoisotopic (exact) mass is 357 g/mol. The summed E-state index contributed by atoms with van der Waals surface area (Å²) < 4.78 is 0. The summed E-state index contributed by atoms with van der Waals surface area (Å²) in [5.41, 5.74) is 7.09. The van der Waals surface area contributed by atoms with Gasteiger partial charge in [0.25, 0.3) is 0 Å². The van der Waals surface area contributed by atoms with Crippen LogP contribution in [0, 0.1) is 0 Å². The van der Waals surface area contributed by atoms with Gasteiger partial charge in [0.2, 0.25) is 11.8 Å². The molecular formula is C19H20ClN3O2. The van der Waals surface area contributed by atoms with Gasteiger partial charge in [-0.2, -0.15) is 0 Å². The Balaban J connectivity index is 1.88. The van der Waals surface area contributed by atoms with Gasteiger partial charge in [0.05, 0.1) is 10.6 Å². The molecule has 3 rings (SSSR count). The molecule has 0 saturated carbocycles. The van der Waals surface area contributed by atoms with Crippen molar-refractivity contribution in [3.8, 4) is 0 Å². The molecule has 0 aliphatic carbocycles. The molecular weight excluding hydrogens is 338 g/mol. The Hall–Kier alpha value is -2.53. The SMILES string of the molecule is NC(=O)c1ccc(N[C@H](C(=O)N2CCCC2)c2ccccc2)cc1Cl. The number of nitrogens with two attached hydrogens (primary N) is 1. The second-order valence-corrected chi connectivity index (χ2v) is 6.49. The van der Waals surface area contributed by atoms with Gasteiger partial charge in [-0.25, -0.2) is 0 Å². The Bertz CT molecular complexity index is 773. The van der Waals surface area contributed by atoms with Gasteiger partial charge in [-0.1, -0.05) is 41.9 Å². The number of primary amides is 1. The number of benzene rings is 2. The highest BCUT2D eigenvalue weighted by Gasteiger charge is 2.27. The number of hydrogen-bond donors (Lipinski definition) is 2. The van der Waals surface area contributed by atoms with E-state index >= 15 is 0 Å². The lowest BCUT2D eigenvalue weighted by Gasteiger charge is -2.25. The van der Waals surface area contributed by atoms with Crippen molar-refractivity contribution in [2.45, 2.75) is 18.9 Å². The number of anilines is 1. The van der Waals surface area contributed by atoms with Crippen LogP contribution in [0.25, 0.3) is 0 Å². The summed E-state index contributed by atoms with van der Waals surface area (Å²) in [5, 5.41) is 3.51. The van der Waals surface area contributed by atoms with Crippen LogP contribution >= 0.6 is 11.6 Å². The average Bonchev–Trinajstić information content (AvgIpc) is 3.14. The van der Waals surface area contributed by atoms with Gasteiger partial charge in [0.1, 0.15) is 6.04 Å². The lowest BCUT2D eigenvalue weighted by molar-refractivity contribution is -0.131. The molecule has 1 aliphatic rings. The molecule has 0 spiro atoms. The third-order valence-corrected chi connectivity index (χ3v) is 4.66. The third-order valence-electron chi connectivity index (χ3n) is 4.34. The molecule has 1 saturated heterocycles. The molecule has 5 nitrogen and oxygen atoms in total. The van der Waals surface area contributed by atoms with Crippen molar-refractivity contribution in [2.75, 3.05) is 18.4 Å². The van der Waals surface area contributed by atoms with Gasteiger partial charge in [0, 0.05) is 18.8 Å². The summed E-state index contributed by atoms with van der Waals surface area (Å²) in [5.74, 6) is -0.539. The van der Waals surface area contributed by atoms with Crippen molar-refractivity contribution in [3.05, 3.63) is 64.7 Å². The van der Waals surface area contributed by atoms with Crippen LogP contribution in [0.1, 0.15) is 34.8 Å². The van der Waals surface area contributed by atoms with Gasteiger partial charge >= 0.3 is 0 Å².